The molecule has 0 aromatic carbocycles. The van der Waals surface area contributed by atoms with E-state index >= 15 is 0 Å². The standard InChI is InChI=1S/C16H30O6/c1-8(2)10-5-4-9(3)6-11(10)21-16-15(20)14(19)13(18)12(7-17)22-16/h8-20H,4-7H2,1-3H3/t9-,10+,11-,12+,13+,14-,15+,16+/m0/s1. The normalized spacial score (nSPS) is 46.9. The molecule has 6 heteroatoms. The van der Waals surface area contributed by atoms with Crippen LogP contribution in [0.25, 0.3) is 0 Å². The highest BCUT2D eigenvalue weighted by molar-refractivity contribution is 4.90. The predicted molar refractivity (Wildman–Crippen MR) is 80.0 cm³/mol. The van der Waals surface area contributed by atoms with Crippen LogP contribution < -0.4 is 0 Å². The van der Waals surface area contributed by atoms with E-state index in [1.165, 1.54) is 0 Å². The van der Waals surface area contributed by atoms with Gasteiger partial charge in [-0.3, -0.25) is 0 Å². The van der Waals surface area contributed by atoms with Crippen molar-refractivity contribution in [1.29, 1.82) is 0 Å². The molecule has 0 bridgehead atoms. The lowest BCUT2D eigenvalue weighted by Gasteiger charge is -2.44. The summed E-state index contributed by atoms with van der Waals surface area (Å²) in [6.45, 7) is 6.06. The fourth-order valence-corrected chi connectivity index (χ4v) is 3.62. The van der Waals surface area contributed by atoms with Crippen molar-refractivity contribution in [2.45, 2.75) is 76.8 Å². The van der Waals surface area contributed by atoms with E-state index in [4.69, 9.17) is 9.47 Å². The van der Waals surface area contributed by atoms with Gasteiger partial charge in [-0.05, 0) is 30.6 Å². The highest BCUT2D eigenvalue weighted by Gasteiger charge is 2.46. The molecular formula is C16H30O6. The van der Waals surface area contributed by atoms with Crippen LogP contribution in [0.3, 0.4) is 0 Å². The molecule has 0 unspecified atom stereocenters. The maximum atomic E-state index is 10.1. The molecule has 2 rings (SSSR count). The minimum absolute atomic E-state index is 0.0508. The van der Waals surface area contributed by atoms with Gasteiger partial charge in [-0.25, -0.2) is 0 Å². The van der Waals surface area contributed by atoms with E-state index in [9.17, 15) is 20.4 Å². The summed E-state index contributed by atoms with van der Waals surface area (Å²) >= 11 is 0. The van der Waals surface area contributed by atoms with E-state index in [1.807, 2.05) is 0 Å². The van der Waals surface area contributed by atoms with Crippen LogP contribution in [0.15, 0.2) is 0 Å². The lowest BCUT2D eigenvalue weighted by atomic mass is 9.75. The Morgan fingerprint density at radius 2 is 1.77 bits per heavy atom. The molecule has 0 spiro atoms. The molecule has 1 saturated heterocycles. The van der Waals surface area contributed by atoms with Crippen molar-refractivity contribution < 1.29 is 29.9 Å². The Hall–Kier alpha value is -0.240. The van der Waals surface area contributed by atoms with Gasteiger partial charge in [0, 0.05) is 0 Å². The Morgan fingerprint density at radius 1 is 1.09 bits per heavy atom. The van der Waals surface area contributed by atoms with Crippen LogP contribution in [-0.4, -0.2) is 63.8 Å². The fourth-order valence-electron chi connectivity index (χ4n) is 3.62. The summed E-state index contributed by atoms with van der Waals surface area (Å²) in [6, 6.07) is 0. The van der Waals surface area contributed by atoms with Gasteiger partial charge in [0.25, 0.3) is 0 Å². The number of aliphatic hydroxyl groups excluding tert-OH is 4. The number of ether oxygens (including phenoxy) is 2. The molecule has 0 aromatic rings. The second-order valence-electron chi connectivity index (χ2n) is 7.20. The summed E-state index contributed by atoms with van der Waals surface area (Å²) in [6.07, 6.45) is -2.90. The SMILES string of the molecule is CC(C)[C@H]1CC[C@H](C)C[C@@H]1O[C@@H]1O[C@H](CO)[C@@H](O)[C@H](O)[C@H]1O. The molecule has 6 nitrogen and oxygen atoms in total. The molecule has 1 aliphatic heterocycles. The third-order valence-electron chi connectivity index (χ3n) is 5.12. The molecule has 2 fully saturated rings. The largest absolute Gasteiger partial charge is 0.394 e. The van der Waals surface area contributed by atoms with Gasteiger partial charge in [-0.15, -0.1) is 0 Å². The van der Waals surface area contributed by atoms with Gasteiger partial charge in [0.05, 0.1) is 12.7 Å². The number of hydrogen-bond acceptors (Lipinski definition) is 6. The van der Waals surface area contributed by atoms with Crippen molar-refractivity contribution in [3.8, 4) is 0 Å². The minimum Gasteiger partial charge on any atom is -0.394 e. The molecule has 1 saturated carbocycles. The molecule has 1 aliphatic carbocycles. The molecule has 22 heavy (non-hydrogen) atoms. The van der Waals surface area contributed by atoms with Crippen molar-refractivity contribution >= 4 is 0 Å². The Kier molecular flexibility index (Phi) is 6.22. The summed E-state index contributed by atoms with van der Waals surface area (Å²) in [5.41, 5.74) is 0. The zero-order chi connectivity index (χ0) is 16.4. The first-order valence-electron chi connectivity index (χ1n) is 8.31. The van der Waals surface area contributed by atoms with Gasteiger partial charge in [-0.1, -0.05) is 27.2 Å². The lowest BCUT2D eigenvalue weighted by molar-refractivity contribution is -0.318. The first-order chi connectivity index (χ1) is 10.3. The van der Waals surface area contributed by atoms with Gasteiger partial charge >= 0.3 is 0 Å². The predicted octanol–water partition coefficient (Wildman–Crippen LogP) is 0.264. The first-order valence-corrected chi connectivity index (χ1v) is 8.31. The third kappa shape index (κ3) is 3.80. The van der Waals surface area contributed by atoms with Crippen LogP contribution in [0.1, 0.15) is 40.0 Å². The molecule has 0 aromatic heterocycles. The minimum atomic E-state index is -1.38. The van der Waals surface area contributed by atoms with Gasteiger partial charge < -0.3 is 29.9 Å². The quantitative estimate of drug-likeness (QED) is 0.593. The Labute approximate surface area is 132 Å². The van der Waals surface area contributed by atoms with Crippen LogP contribution in [0.2, 0.25) is 0 Å². The topological polar surface area (TPSA) is 99.4 Å². The fraction of sp³-hybridized carbons (Fsp3) is 1.00. The summed E-state index contributed by atoms with van der Waals surface area (Å²) in [5, 5.41) is 39.0. The zero-order valence-electron chi connectivity index (χ0n) is 13.6. The Morgan fingerprint density at radius 3 is 2.36 bits per heavy atom. The highest BCUT2D eigenvalue weighted by Crippen LogP contribution is 2.37. The molecule has 2 aliphatic rings. The van der Waals surface area contributed by atoms with Crippen LogP contribution in [0.5, 0.6) is 0 Å². The summed E-state index contributed by atoms with van der Waals surface area (Å²) in [7, 11) is 0. The monoisotopic (exact) mass is 318 g/mol. The van der Waals surface area contributed by atoms with Crippen LogP contribution in [-0.2, 0) is 9.47 Å². The average molecular weight is 318 g/mol. The molecular weight excluding hydrogens is 288 g/mol. The van der Waals surface area contributed by atoms with Gasteiger partial charge in [-0.2, -0.15) is 0 Å². The average Bonchev–Trinajstić information content (AvgIpc) is 2.47. The van der Waals surface area contributed by atoms with E-state index in [-0.39, 0.29) is 6.10 Å². The summed E-state index contributed by atoms with van der Waals surface area (Å²) in [5.74, 6) is 1.39. The molecule has 0 amide bonds. The maximum absolute atomic E-state index is 10.1. The van der Waals surface area contributed by atoms with Crippen molar-refractivity contribution in [3.63, 3.8) is 0 Å². The summed E-state index contributed by atoms with van der Waals surface area (Å²) < 4.78 is 11.4. The van der Waals surface area contributed by atoms with Gasteiger partial charge in [0.15, 0.2) is 6.29 Å². The molecule has 0 radical (unpaired) electrons. The van der Waals surface area contributed by atoms with Crippen molar-refractivity contribution in [1.82, 2.24) is 0 Å². The first kappa shape index (κ1) is 18.1. The molecule has 130 valence electrons. The van der Waals surface area contributed by atoms with Gasteiger partial charge in [0.1, 0.15) is 24.4 Å². The number of rotatable bonds is 4. The molecule has 4 N–H and O–H groups in total. The zero-order valence-corrected chi connectivity index (χ0v) is 13.6. The molecule has 1 heterocycles. The van der Waals surface area contributed by atoms with E-state index in [0.717, 1.165) is 19.3 Å². The smallest absolute Gasteiger partial charge is 0.186 e. The van der Waals surface area contributed by atoms with Gasteiger partial charge in [0.2, 0.25) is 0 Å². The van der Waals surface area contributed by atoms with E-state index in [2.05, 4.69) is 20.8 Å². The summed E-state index contributed by atoms with van der Waals surface area (Å²) in [4.78, 5) is 0. The Balaban J connectivity index is 2.06. The Bertz CT molecular complexity index is 348. The number of aliphatic hydroxyl groups is 4. The van der Waals surface area contributed by atoms with E-state index in [1.54, 1.807) is 0 Å². The van der Waals surface area contributed by atoms with Crippen LogP contribution in [0, 0.1) is 17.8 Å². The third-order valence-corrected chi connectivity index (χ3v) is 5.12. The van der Waals surface area contributed by atoms with Crippen molar-refractivity contribution in [2.24, 2.45) is 17.8 Å². The second-order valence-corrected chi connectivity index (χ2v) is 7.20. The van der Waals surface area contributed by atoms with Crippen LogP contribution >= 0.6 is 0 Å². The maximum Gasteiger partial charge on any atom is 0.186 e. The second kappa shape index (κ2) is 7.55. The van der Waals surface area contributed by atoms with E-state index in [0.29, 0.717) is 17.8 Å². The van der Waals surface area contributed by atoms with Crippen molar-refractivity contribution in [3.05, 3.63) is 0 Å². The van der Waals surface area contributed by atoms with Crippen molar-refractivity contribution in [2.75, 3.05) is 6.61 Å². The molecule has 8 atom stereocenters. The van der Waals surface area contributed by atoms with Crippen LogP contribution in [0.4, 0.5) is 0 Å². The van der Waals surface area contributed by atoms with E-state index < -0.39 is 37.3 Å². The lowest BCUT2D eigenvalue weighted by Crippen LogP contribution is -2.60. The number of hydrogen-bond donors (Lipinski definition) is 4. The highest BCUT2D eigenvalue weighted by atomic mass is 16.7.